The molecule has 6 heteroatoms. The molecule has 3 rings (SSSR count). The molecule has 0 saturated carbocycles. The zero-order valence-electron chi connectivity index (χ0n) is 11.2. The Morgan fingerprint density at radius 1 is 0.727 bits per heavy atom. The molecular weight excluding hydrogens is 323 g/mol. The monoisotopic (exact) mass is 332 g/mol. The number of para-hydroxylation sites is 1. The van der Waals surface area contributed by atoms with Crippen molar-refractivity contribution in [1.29, 1.82) is 0 Å². The number of halogens is 2. The maximum Gasteiger partial charge on any atom is 0.278 e. The molecule has 2 aromatic rings. The highest BCUT2D eigenvalue weighted by molar-refractivity contribution is 6.62. The summed E-state index contributed by atoms with van der Waals surface area (Å²) in [4.78, 5) is 24.8. The van der Waals surface area contributed by atoms with Gasteiger partial charge in [-0.3, -0.25) is 9.59 Å². The first-order valence-electron chi connectivity index (χ1n) is 6.44. The fraction of sp³-hybridized carbons (Fsp3) is 0. The van der Waals surface area contributed by atoms with E-state index in [1.165, 1.54) is 0 Å². The second kappa shape index (κ2) is 5.83. The highest BCUT2D eigenvalue weighted by atomic mass is 35.5. The van der Waals surface area contributed by atoms with E-state index in [1.54, 1.807) is 24.3 Å². The zero-order chi connectivity index (χ0) is 15.7. The molecule has 1 aliphatic rings. The number of hydrogen-bond donors (Lipinski definition) is 1. The Kier molecular flexibility index (Phi) is 3.88. The summed E-state index contributed by atoms with van der Waals surface area (Å²) in [6.45, 7) is 0. The Hall–Kier alpha value is -2.30. The van der Waals surface area contributed by atoms with Gasteiger partial charge >= 0.3 is 0 Å². The van der Waals surface area contributed by atoms with Gasteiger partial charge in [-0.1, -0.05) is 41.4 Å². The molecule has 22 heavy (non-hydrogen) atoms. The number of carbonyl (C=O) groups excluding carboxylic acids is 2. The Labute approximate surface area is 136 Å². The average Bonchev–Trinajstić information content (AvgIpc) is 2.73. The summed E-state index contributed by atoms with van der Waals surface area (Å²) in [6, 6.07) is 16.5. The van der Waals surface area contributed by atoms with Crippen LogP contribution < -0.4 is 10.2 Å². The van der Waals surface area contributed by atoms with E-state index in [1.807, 2.05) is 30.3 Å². The fourth-order valence-corrected chi connectivity index (χ4v) is 2.42. The highest BCUT2D eigenvalue weighted by Crippen LogP contribution is 2.31. The van der Waals surface area contributed by atoms with Gasteiger partial charge in [-0.05, 0) is 36.4 Å². The van der Waals surface area contributed by atoms with Gasteiger partial charge in [0.1, 0.15) is 10.1 Å². The smallest absolute Gasteiger partial charge is 0.278 e. The molecule has 0 fully saturated rings. The van der Waals surface area contributed by atoms with E-state index in [-0.39, 0.29) is 10.1 Å². The number of benzene rings is 2. The normalized spacial score (nSPS) is 14.7. The van der Waals surface area contributed by atoms with Gasteiger partial charge in [-0.25, -0.2) is 4.90 Å². The quantitative estimate of drug-likeness (QED) is 0.864. The van der Waals surface area contributed by atoms with Crippen LogP contribution in [0.2, 0.25) is 0 Å². The molecule has 2 amide bonds. The largest absolute Gasteiger partial charge is 0.356 e. The third kappa shape index (κ3) is 2.58. The number of carbonyl (C=O) groups is 2. The van der Waals surface area contributed by atoms with Crippen LogP contribution in [0.5, 0.6) is 0 Å². The molecule has 0 aliphatic carbocycles. The summed E-state index contributed by atoms with van der Waals surface area (Å²) in [7, 11) is 0. The van der Waals surface area contributed by atoms with E-state index in [2.05, 4.69) is 5.32 Å². The average molecular weight is 333 g/mol. The third-order valence-corrected chi connectivity index (χ3v) is 3.96. The van der Waals surface area contributed by atoms with Crippen LogP contribution in [0, 0.1) is 0 Å². The van der Waals surface area contributed by atoms with Crippen molar-refractivity contribution in [2.45, 2.75) is 0 Å². The minimum Gasteiger partial charge on any atom is -0.356 e. The van der Waals surface area contributed by atoms with Gasteiger partial charge in [0.25, 0.3) is 11.8 Å². The molecule has 110 valence electrons. The standard InChI is InChI=1S/C16H10Cl2N2O2/c17-13-14(18)16(22)20(15(13)21)12-8-6-11(7-9-12)19-10-4-2-1-3-5-10/h1-9,19H. The number of imide groups is 1. The maximum absolute atomic E-state index is 11.9. The van der Waals surface area contributed by atoms with Crippen molar-refractivity contribution in [2.24, 2.45) is 0 Å². The Morgan fingerprint density at radius 3 is 1.77 bits per heavy atom. The molecule has 0 bridgehead atoms. The van der Waals surface area contributed by atoms with E-state index in [4.69, 9.17) is 23.2 Å². The summed E-state index contributed by atoms with van der Waals surface area (Å²) in [6.07, 6.45) is 0. The molecule has 0 aromatic heterocycles. The first kappa shape index (κ1) is 14.6. The molecular formula is C16H10Cl2N2O2. The van der Waals surface area contributed by atoms with Crippen molar-refractivity contribution in [3.05, 3.63) is 64.7 Å². The summed E-state index contributed by atoms with van der Waals surface area (Å²) in [5, 5.41) is 2.71. The molecule has 0 radical (unpaired) electrons. The zero-order valence-corrected chi connectivity index (χ0v) is 12.7. The van der Waals surface area contributed by atoms with E-state index in [0.29, 0.717) is 5.69 Å². The second-order valence-electron chi connectivity index (χ2n) is 4.61. The molecule has 1 aliphatic heterocycles. The van der Waals surface area contributed by atoms with Gasteiger partial charge in [0.15, 0.2) is 0 Å². The van der Waals surface area contributed by atoms with Crippen LogP contribution in [-0.2, 0) is 9.59 Å². The highest BCUT2D eigenvalue weighted by Gasteiger charge is 2.37. The topological polar surface area (TPSA) is 49.4 Å². The summed E-state index contributed by atoms with van der Waals surface area (Å²) < 4.78 is 0. The van der Waals surface area contributed by atoms with E-state index >= 15 is 0 Å². The van der Waals surface area contributed by atoms with Crippen molar-refractivity contribution in [2.75, 3.05) is 10.2 Å². The van der Waals surface area contributed by atoms with Gasteiger partial charge in [-0.15, -0.1) is 0 Å². The number of amides is 2. The van der Waals surface area contributed by atoms with Crippen LogP contribution in [0.3, 0.4) is 0 Å². The number of nitrogens with one attached hydrogen (secondary N) is 1. The lowest BCUT2D eigenvalue weighted by Gasteiger charge is -2.15. The Morgan fingerprint density at radius 2 is 1.23 bits per heavy atom. The lowest BCUT2D eigenvalue weighted by molar-refractivity contribution is -0.120. The Balaban J connectivity index is 1.81. The fourth-order valence-electron chi connectivity index (χ4n) is 2.09. The second-order valence-corrected chi connectivity index (χ2v) is 5.37. The lowest BCUT2D eigenvalue weighted by atomic mass is 10.2. The van der Waals surface area contributed by atoms with Crippen molar-refractivity contribution < 1.29 is 9.59 Å². The van der Waals surface area contributed by atoms with Crippen molar-refractivity contribution >= 4 is 52.1 Å². The number of anilines is 3. The van der Waals surface area contributed by atoms with Crippen LogP contribution in [0.4, 0.5) is 17.1 Å². The van der Waals surface area contributed by atoms with Gasteiger partial charge in [0, 0.05) is 11.4 Å². The predicted octanol–water partition coefficient (Wildman–Crippen LogP) is 3.99. The van der Waals surface area contributed by atoms with Crippen LogP contribution in [-0.4, -0.2) is 11.8 Å². The van der Waals surface area contributed by atoms with Gasteiger partial charge in [0.05, 0.1) is 5.69 Å². The SMILES string of the molecule is O=C1C(Cl)=C(Cl)C(=O)N1c1ccc(Nc2ccccc2)cc1. The van der Waals surface area contributed by atoms with Crippen LogP contribution >= 0.6 is 23.2 Å². The first-order chi connectivity index (χ1) is 10.6. The number of rotatable bonds is 3. The predicted molar refractivity (Wildman–Crippen MR) is 87.4 cm³/mol. The first-order valence-corrected chi connectivity index (χ1v) is 7.20. The maximum atomic E-state index is 11.9. The molecule has 1 heterocycles. The van der Waals surface area contributed by atoms with Crippen LogP contribution in [0.1, 0.15) is 0 Å². The van der Waals surface area contributed by atoms with Crippen LogP contribution in [0.25, 0.3) is 0 Å². The van der Waals surface area contributed by atoms with E-state index < -0.39 is 11.8 Å². The molecule has 4 nitrogen and oxygen atoms in total. The van der Waals surface area contributed by atoms with E-state index in [0.717, 1.165) is 16.3 Å². The molecule has 0 atom stereocenters. The molecule has 0 saturated heterocycles. The molecule has 2 aromatic carbocycles. The summed E-state index contributed by atoms with van der Waals surface area (Å²) in [5.41, 5.74) is 2.19. The van der Waals surface area contributed by atoms with Crippen molar-refractivity contribution in [3.8, 4) is 0 Å². The van der Waals surface area contributed by atoms with Crippen molar-refractivity contribution in [1.82, 2.24) is 0 Å². The molecule has 0 spiro atoms. The minimum atomic E-state index is -0.611. The summed E-state index contributed by atoms with van der Waals surface area (Å²) >= 11 is 11.4. The lowest BCUT2D eigenvalue weighted by Crippen LogP contribution is -2.30. The Bertz CT molecular complexity index is 746. The number of nitrogens with zero attached hydrogens (tertiary/aromatic N) is 1. The van der Waals surface area contributed by atoms with Gasteiger partial charge in [-0.2, -0.15) is 0 Å². The number of hydrogen-bond acceptors (Lipinski definition) is 3. The van der Waals surface area contributed by atoms with Crippen LogP contribution in [0.15, 0.2) is 64.7 Å². The third-order valence-electron chi connectivity index (χ3n) is 3.16. The van der Waals surface area contributed by atoms with Gasteiger partial charge < -0.3 is 5.32 Å². The van der Waals surface area contributed by atoms with Crippen molar-refractivity contribution in [3.63, 3.8) is 0 Å². The van der Waals surface area contributed by atoms with E-state index in [9.17, 15) is 9.59 Å². The summed E-state index contributed by atoms with van der Waals surface area (Å²) in [5.74, 6) is -1.22. The minimum absolute atomic E-state index is 0.252. The molecule has 0 unspecified atom stereocenters. The van der Waals surface area contributed by atoms with Gasteiger partial charge in [0.2, 0.25) is 0 Å². The molecule has 1 N–H and O–H groups in total.